The molecule has 4 N–H and O–H groups in total. The van der Waals surface area contributed by atoms with E-state index in [1.165, 1.54) is 11.0 Å². The molecule has 1 heterocycles. The molecule has 19 heavy (non-hydrogen) atoms. The Morgan fingerprint density at radius 2 is 2.26 bits per heavy atom. The number of carbonyl (C=O) groups is 1. The van der Waals surface area contributed by atoms with Gasteiger partial charge in [-0.05, 0) is 26.0 Å². The van der Waals surface area contributed by atoms with Crippen LogP contribution >= 0.6 is 0 Å². The minimum Gasteiger partial charge on any atom is -0.508 e. The maximum atomic E-state index is 12.4. The summed E-state index contributed by atoms with van der Waals surface area (Å²) in [6, 6.07) is 6.50. The number of amides is 1. The second kappa shape index (κ2) is 5.01. The molecule has 0 bridgehead atoms. The molecule has 0 fully saturated rings. The van der Waals surface area contributed by atoms with Crippen molar-refractivity contribution in [3.63, 3.8) is 0 Å². The second-order valence-electron chi connectivity index (χ2n) is 4.18. The summed E-state index contributed by atoms with van der Waals surface area (Å²) in [7, 11) is 0. The van der Waals surface area contributed by atoms with Crippen LogP contribution in [0.5, 0.6) is 5.75 Å². The van der Waals surface area contributed by atoms with Crippen LogP contribution in [-0.4, -0.2) is 27.8 Å². The molecule has 0 radical (unpaired) electrons. The normalized spacial score (nSPS) is 10.4. The number of H-pyrrole nitrogens is 1. The van der Waals surface area contributed by atoms with Gasteiger partial charge in [-0.15, -0.1) is 0 Å². The van der Waals surface area contributed by atoms with E-state index < -0.39 is 0 Å². The van der Waals surface area contributed by atoms with Crippen molar-refractivity contribution in [2.24, 2.45) is 0 Å². The minimum atomic E-state index is -0.296. The summed E-state index contributed by atoms with van der Waals surface area (Å²) in [5.41, 5.74) is 7.63. The van der Waals surface area contributed by atoms with E-state index in [9.17, 15) is 9.90 Å². The van der Waals surface area contributed by atoms with Gasteiger partial charge in [-0.3, -0.25) is 9.89 Å². The summed E-state index contributed by atoms with van der Waals surface area (Å²) < 4.78 is 0. The van der Waals surface area contributed by atoms with Crippen LogP contribution in [0, 0.1) is 6.92 Å². The first-order valence-corrected chi connectivity index (χ1v) is 5.96. The van der Waals surface area contributed by atoms with Crippen molar-refractivity contribution in [3.8, 4) is 5.75 Å². The van der Waals surface area contributed by atoms with Crippen molar-refractivity contribution in [1.29, 1.82) is 0 Å². The van der Waals surface area contributed by atoms with Gasteiger partial charge < -0.3 is 15.7 Å². The average Bonchev–Trinajstić information content (AvgIpc) is 2.71. The number of aryl methyl sites for hydroxylation is 1. The number of nitrogens with two attached hydrogens (primary N) is 1. The number of rotatable bonds is 3. The zero-order chi connectivity index (χ0) is 14.0. The zero-order valence-electron chi connectivity index (χ0n) is 10.8. The van der Waals surface area contributed by atoms with Gasteiger partial charge in [0.15, 0.2) is 5.69 Å². The van der Waals surface area contributed by atoms with E-state index in [-0.39, 0.29) is 17.4 Å². The fraction of sp³-hybridized carbons (Fsp3) is 0.231. The molecule has 0 aliphatic rings. The number of nitrogen functional groups attached to an aromatic ring is 1. The summed E-state index contributed by atoms with van der Waals surface area (Å²) in [6.07, 6.45) is 0. The number of aromatic amines is 1. The molecule has 2 rings (SSSR count). The molecule has 0 aliphatic heterocycles. The Hall–Kier alpha value is -2.50. The summed E-state index contributed by atoms with van der Waals surface area (Å²) in [5.74, 6) is -0.190. The first kappa shape index (κ1) is 12.9. The lowest BCUT2D eigenvalue weighted by Crippen LogP contribution is -2.31. The predicted molar refractivity (Wildman–Crippen MR) is 73.2 cm³/mol. The lowest BCUT2D eigenvalue weighted by Gasteiger charge is -2.20. The molecule has 100 valence electrons. The molecule has 1 aromatic carbocycles. The fourth-order valence-corrected chi connectivity index (χ4v) is 1.83. The molecular weight excluding hydrogens is 244 g/mol. The Balaban J connectivity index is 2.37. The van der Waals surface area contributed by atoms with Crippen molar-refractivity contribution in [1.82, 2.24) is 10.2 Å². The number of phenols is 1. The Morgan fingerprint density at radius 1 is 1.53 bits per heavy atom. The van der Waals surface area contributed by atoms with Crippen LogP contribution in [0.1, 0.15) is 23.1 Å². The van der Waals surface area contributed by atoms with E-state index in [4.69, 9.17) is 5.73 Å². The lowest BCUT2D eigenvalue weighted by atomic mass is 10.2. The number of nitrogens with one attached hydrogen (secondary N) is 1. The smallest absolute Gasteiger partial charge is 0.280 e. The number of hydrogen-bond acceptors (Lipinski definition) is 4. The van der Waals surface area contributed by atoms with Crippen LogP contribution in [0.15, 0.2) is 24.3 Å². The molecule has 0 atom stereocenters. The van der Waals surface area contributed by atoms with Crippen molar-refractivity contribution >= 4 is 17.3 Å². The van der Waals surface area contributed by atoms with Gasteiger partial charge in [-0.2, -0.15) is 5.10 Å². The lowest BCUT2D eigenvalue weighted by molar-refractivity contribution is 0.0984. The number of anilines is 2. The molecule has 1 aromatic heterocycles. The molecule has 0 spiro atoms. The van der Waals surface area contributed by atoms with Crippen LogP contribution in [-0.2, 0) is 0 Å². The topological polar surface area (TPSA) is 95.2 Å². The first-order chi connectivity index (χ1) is 9.04. The third kappa shape index (κ3) is 2.37. The van der Waals surface area contributed by atoms with Gasteiger partial charge in [0, 0.05) is 18.3 Å². The van der Waals surface area contributed by atoms with Gasteiger partial charge in [-0.1, -0.05) is 6.07 Å². The SMILES string of the molecule is CCN(C(=O)c1n[nH]c(C)c1N)c1cccc(O)c1. The van der Waals surface area contributed by atoms with Crippen molar-refractivity contribution < 1.29 is 9.90 Å². The third-order valence-electron chi connectivity index (χ3n) is 2.90. The van der Waals surface area contributed by atoms with E-state index in [0.717, 1.165) is 0 Å². The van der Waals surface area contributed by atoms with E-state index in [1.54, 1.807) is 25.1 Å². The predicted octanol–water partition coefficient (Wildman–Crippen LogP) is 1.67. The van der Waals surface area contributed by atoms with E-state index >= 15 is 0 Å². The Labute approximate surface area is 110 Å². The molecule has 6 heteroatoms. The average molecular weight is 260 g/mol. The highest BCUT2D eigenvalue weighted by molar-refractivity contribution is 6.08. The molecule has 0 saturated carbocycles. The van der Waals surface area contributed by atoms with Crippen molar-refractivity contribution in [2.45, 2.75) is 13.8 Å². The van der Waals surface area contributed by atoms with Gasteiger partial charge in [0.25, 0.3) is 5.91 Å². The molecule has 1 amide bonds. The highest BCUT2D eigenvalue weighted by Crippen LogP contribution is 2.23. The summed E-state index contributed by atoms with van der Waals surface area (Å²) in [4.78, 5) is 13.9. The van der Waals surface area contributed by atoms with Gasteiger partial charge in [-0.25, -0.2) is 0 Å². The molecule has 0 unspecified atom stereocenters. The van der Waals surface area contributed by atoms with Gasteiger partial charge in [0.05, 0.1) is 11.4 Å². The molecule has 0 saturated heterocycles. The largest absolute Gasteiger partial charge is 0.508 e. The van der Waals surface area contributed by atoms with Crippen molar-refractivity contribution in [2.75, 3.05) is 17.2 Å². The Morgan fingerprint density at radius 3 is 2.79 bits per heavy atom. The Bertz CT molecular complexity index is 606. The number of carbonyl (C=O) groups excluding carboxylic acids is 1. The Kier molecular flexibility index (Phi) is 3.41. The number of hydrogen-bond donors (Lipinski definition) is 3. The highest BCUT2D eigenvalue weighted by Gasteiger charge is 2.22. The van der Waals surface area contributed by atoms with Gasteiger partial charge >= 0.3 is 0 Å². The standard InChI is InChI=1S/C13H16N4O2/c1-3-17(9-5-4-6-10(18)7-9)13(19)12-11(14)8(2)15-16-12/h4-7,18H,3,14H2,1-2H3,(H,15,16). The monoisotopic (exact) mass is 260 g/mol. The van der Waals surface area contributed by atoms with Gasteiger partial charge in [0.2, 0.25) is 0 Å². The quantitative estimate of drug-likeness (QED) is 0.782. The number of phenolic OH excluding ortho intramolecular Hbond substituents is 1. The van der Waals surface area contributed by atoms with Crippen LogP contribution in [0.2, 0.25) is 0 Å². The molecule has 2 aromatic rings. The third-order valence-corrected chi connectivity index (χ3v) is 2.90. The number of nitrogens with zero attached hydrogens (tertiary/aromatic N) is 2. The number of benzene rings is 1. The number of aromatic nitrogens is 2. The minimum absolute atomic E-state index is 0.106. The van der Waals surface area contributed by atoms with Crippen LogP contribution < -0.4 is 10.6 Å². The second-order valence-corrected chi connectivity index (χ2v) is 4.18. The summed E-state index contributed by atoms with van der Waals surface area (Å²) >= 11 is 0. The van der Waals surface area contributed by atoms with Crippen molar-refractivity contribution in [3.05, 3.63) is 35.7 Å². The van der Waals surface area contributed by atoms with Crippen LogP contribution in [0.25, 0.3) is 0 Å². The fourth-order valence-electron chi connectivity index (χ4n) is 1.83. The zero-order valence-corrected chi connectivity index (χ0v) is 10.8. The maximum absolute atomic E-state index is 12.4. The first-order valence-electron chi connectivity index (χ1n) is 5.96. The summed E-state index contributed by atoms with van der Waals surface area (Å²) in [6.45, 7) is 4.05. The van der Waals surface area contributed by atoms with E-state index in [0.29, 0.717) is 23.6 Å². The van der Waals surface area contributed by atoms with Crippen LogP contribution in [0.4, 0.5) is 11.4 Å². The number of aromatic hydroxyl groups is 1. The highest BCUT2D eigenvalue weighted by atomic mass is 16.3. The van der Waals surface area contributed by atoms with Gasteiger partial charge in [0.1, 0.15) is 5.75 Å². The molecule has 0 aliphatic carbocycles. The van der Waals surface area contributed by atoms with Crippen LogP contribution in [0.3, 0.4) is 0 Å². The molecule has 6 nitrogen and oxygen atoms in total. The summed E-state index contributed by atoms with van der Waals surface area (Å²) in [5, 5.41) is 16.1. The molecular formula is C13H16N4O2. The maximum Gasteiger partial charge on any atom is 0.280 e. The van der Waals surface area contributed by atoms with E-state index in [1.807, 2.05) is 6.92 Å². The van der Waals surface area contributed by atoms with E-state index in [2.05, 4.69) is 10.2 Å².